The van der Waals surface area contributed by atoms with Crippen LogP contribution >= 0.6 is 0 Å². The zero-order chi connectivity index (χ0) is 22.9. The molecule has 1 atom stereocenters. The third-order valence-electron chi connectivity index (χ3n) is 6.96. The summed E-state index contributed by atoms with van der Waals surface area (Å²) in [5.41, 5.74) is 5.12. The number of morpholine rings is 1. The molecule has 0 amide bonds. The van der Waals surface area contributed by atoms with Gasteiger partial charge in [0.25, 0.3) is 5.95 Å². The normalized spacial score (nSPS) is 21.2. The third-order valence-corrected chi connectivity index (χ3v) is 6.96. The number of rotatable bonds is 4. The Kier molecular flexibility index (Phi) is 5.74. The highest BCUT2D eigenvalue weighted by Crippen LogP contribution is 2.29. The van der Waals surface area contributed by atoms with Crippen LogP contribution in [0.15, 0.2) is 42.9 Å². The number of pyridine rings is 1. The van der Waals surface area contributed by atoms with Gasteiger partial charge in [0, 0.05) is 37.9 Å². The van der Waals surface area contributed by atoms with Crippen LogP contribution < -0.4 is 9.80 Å². The first-order chi connectivity index (χ1) is 16.7. The molecule has 1 unspecified atom stereocenters. The van der Waals surface area contributed by atoms with E-state index in [0.717, 1.165) is 60.7 Å². The van der Waals surface area contributed by atoms with Crippen LogP contribution in [-0.4, -0.2) is 64.1 Å². The van der Waals surface area contributed by atoms with Crippen LogP contribution in [0.1, 0.15) is 38.2 Å². The predicted octanol–water partition coefficient (Wildman–Crippen LogP) is 4.02. The number of nitrogens with zero attached hydrogens (tertiary/aromatic N) is 7. The molecule has 0 radical (unpaired) electrons. The van der Waals surface area contributed by atoms with Gasteiger partial charge < -0.3 is 14.5 Å². The van der Waals surface area contributed by atoms with Gasteiger partial charge in [0.15, 0.2) is 5.82 Å². The van der Waals surface area contributed by atoms with E-state index < -0.39 is 0 Å². The summed E-state index contributed by atoms with van der Waals surface area (Å²) in [5, 5.41) is 4.63. The Hall–Kier alpha value is -3.26. The lowest BCUT2D eigenvalue weighted by Crippen LogP contribution is -2.37. The molecule has 34 heavy (non-hydrogen) atoms. The predicted molar refractivity (Wildman–Crippen MR) is 134 cm³/mol. The number of hydrogen-bond donors (Lipinski definition) is 0. The fraction of sp³-hybridized carbons (Fsp3) is 0.462. The Balaban J connectivity index is 1.41. The van der Waals surface area contributed by atoms with Gasteiger partial charge in [-0.2, -0.15) is 10.1 Å². The summed E-state index contributed by atoms with van der Waals surface area (Å²) < 4.78 is 7.37. The first-order valence-electron chi connectivity index (χ1n) is 12.4. The van der Waals surface area contributed by atoms with E-state index in [2.05, 4.69) is 46.1 Å². The van der Waals surface area contributed by atoms with Gasteiger partial charge in [0.05, 0.1) is 36.8 Å². The summed E-state index contributed by atoms with van der Waals surface area (Å²) >= 11 is 0. The summed E-state index contributed by atoms with van der Waals surface area (Å²) in [7, 11) is 0. The molecule has 8 nitrogen and oxygen atoms in total. The minimum absolute atomic E-state index is 0.576. The third kappa shape index (κ3) is 4.18. The van der Waals surface area contributed by atoms with Gasteiger partial charge in [-0.15, -0.1) is 0 Å². The standard InChI is InChI=1S/C26H31N7O/c1-19-5-7-20(8-6-19)21-16-28-33(18-21)26-29-23-15-22(31-9-3-2-4-10-31)17-27-24(23)25(30-26)32-11-13-34-14-12-32/h5,7-8,15-19H,2-4,6,9-14H2,1H3. The maximum absolute atomic E-state index is 5.58. The Bertz CT molecular complexity index is 1240. The highest BCUT2D eigenvalue weighted by molar-refractivity contribution is 5.88. The summed E-state index contributed by atoms with van der Waals surface area (Å²) in [6.07, 6.45) is 17.4. The molecule has 8 heteroatoms. The van der Waals surface area contributed by atoms with Crippen LogP contribution in [0.5, 0.6) is 0 Å². The highest BCUT2D eigenvalue weighted by atomic mass is 16.5. The van der Waals surface area contributed by atoms with Crippen molar-refractivity contribution >= 4 is 28.1 Å². The number of hydrogen-bond acceptors (Lipinski definition) is 7. The van der Waals surface area contributed by atoms with E-state index >= 15 is 0 Å². The second-order valence-corrected chi connectivity index (χ2v) is 9.46. The molecule has 5 heterocycles. The van der Waals surface area contributed by atoms with Crippen molar-refractivity contribution in [1.29, 1.82) is 0 Å². The summed E-state index contributed by atoms with van der Waals surface area (Å²) in [6, 6.07) is 2.17. The van der Waals surface area contributed by atoms with Crippen molar-refractivity contribution < 1.29 is 4.74 Å². The van der Waals surface area contributed by atoms with E-state index in [1.54, 1.807) is 4.68 Å². The first-order valence-corrected chi connectivity index (χ1v) is 12.4. The molecule has 3 aromatic heterocycles. The Morgan fingerprint density at radius 3 is 2.62 bits per heavy atom. The van der Waals surface area contributed by atoms with E-state index in [-0.39, 0.29) is 0 Å². The lowest BCUT2D eigenvalue weighted by Gasteiger charge is -2.30. The summed E-state index contributed by atoms with van der Waals surface area (Å²) in [6.45, 7) is 7.35. The summed E-state index contributed by atoms with van der Waals surface area (Å²) in [4.78, 5) is 19.4. The van der Waals surface area contributed by atoms with Crippen molar-refractivity contribution in [1.82, 2.24) is 24.7 Å². The number of fused-ring (bicyclic) bond motifs is 1. The van der Waals surface area contributed by atoms with Crippen LogP contribution in [0.3, 0.4) is 0 Å². The van der Waals surface area contributed by atoms with Gasteiger partial charge in [0.2, 0.25) is 0 Å². The number of anilines is 2. The molecule has 6 rings (SSSR count). The zero-order valence-corrected chi connectivity index (χ0v) is 19.7. The quantitative estimate of drug-likeness (QED) is 0.586. The molecule has 3 aromatic rings. The lowest BCUT2D eigenvalue weighted by atomic mass is 9.96. The molecule has 0 bridgehead atoms. The monoisotopic (exact) mass is 457 g/mol. The molecular formula is C26H31N7O. The van der Waals surface area contributed by atoms with Crippen molar-refractivity contribution in [2.45, 2.75) is 32.6 Å². The molecule has 0 N–H and O–H groups in total. The smallest absolute Gasteiger partial charge is 0.253 e. The first kappa shape index (κ1) is 21.3. The molecule has 3 aliphatic rings. The number of allylic oxidation sites excluding steroid dienone is 4. The fourth-order valence-corrected chi connectivity index (χ4v) is 4.93. The van der Waals surface area contributed by atoms with Crippen molar-refractivity contribution in [3.05, 3.63) is 48.4 Å². The average molecular weight is 458 g/mol. The molecule has 0 saturated carbocycles. The van der Waals surface area contributed by atoms with E-state index in [9.17, 15) is 0 Å². The molecule has 0 spiro atoms. The minimum atomic E-state index is 0.576. The molecule has 2 fully saturated rings. The fourth-order valence-electron chi connectivity index (χ4n) is 4.93. The van der Waals surface area contributed by atoms with Crippen LogP contribution in [0.2, 0.25) is 0 Å². The topological polar surface area (TPSA) is 72.2 Å². The van der Waals surface area contributed by atoms with Gasteiger partial charge in [-0.1, -0.05) is 25.2 Å². The largest absolute Gasteiger partial charge is 0.378 e. The average Bonchev–Trinajstić information content (AvgIpc) is 3.39. The Morgan fingerprint density at radius 1 is 0.971 bits per heavy atom. The number of ether oxygens (including phenoxy) is 1. The Labute approximate surface area is 200 Å². The molecule has 2 saturated heterocycles. The van der Waals surface area contributed by atoms with E-state index in [1.807, 2.05) is 18.6 Å². The summed E-state index contributed by atoms with van der Waals surface area (Å²) in [5.74, 6) is 2.02. The Morgan fingerprint density at radius 2 is 1.82 bits per heavy atom. The van der Waals surface area contributed by atoms with Gasteiger partial charge in [-0.3, -0.25) is 0 Å². The number of aromatic nitrogens is 5. The van der Waals surface area contributed by atoms with Crippen LogP contribution in [0, 0.1) is 5.92 Å². The molecule has 1 aliphatic carbocycles. The second-order valence-electron chi connectivity index (χ2n) is 9.46. The van der Waals surface area contributed by atoms with Crippen molar-refractivity contribution in [3.8, 4) is 5.95 Å². The van der Waals surface area contributed by atoms with Gasteiger partial charge >= 0.3 is 0 Å². The van der Waals surface area contributed by atoms with Crippen molar-refractivity contribution in [2.24, 2.45) is 5.92 Å². The van der Waals surface area contributed by atoms with E-state index in [4.69, 9.17) is 19.7 Å². The highest BCUT2D eigenvalue weighted by Gasteiger charge is 2.21. The maximum atomic E-state index is 5.58. The van der Waals surface area contributed by atoms with Crippen molar-refractivity contribution in [2.75, 3.05) is 49.2 Å². The molecular weight excluding hydrogens is 426 g/mol. The zero-order valence-electron chi connectivity index (χ0n) is 19.7. The van der Waals surface area contributed by atoms with Crippen LogP contribution in [-0.2, 0) is 4.74 Å². The van der Waals surface area contributed by atoms with Crippen LogP contribution in [0.25, 0.3) is 22.6 Å². The second kappa shape index (κ2) is 9.18. The minimum Gasteiger partial charge on any atom is -0.378 e. The van der Waals surface area contributed by atoms with E-state index in [0.29, 0.717) is 25.1 Å². The molecule has 0 aromatic carbocycles. The lowest BCUT2D eigenvalue weighted by molar-refractivity contribution is 0.122. The van der Waals surface area contributed by atoms with Gasteiger partial charge in [-0.25, -0.2) is 14.6 Å². The van der Waals surface area contributed by atoms with Gasteiger partial charge in [0.1, 0.15) is 5.52 Å². The van der Waals surface area contributed by atoms with Crippen molar-refractivity contribution in [3.63, 3.8) is 0 Å². The maximum Gasteiger partial charge on any atom is 0.253 e. The van der Waals surface area contributed by atoms with E-state index in [1.165, 1.54) is 24.8 Å². The van der Waals surface area contributed by atoms with Gasteiger partial charge in [-0.05, 0) is 43.2 Å². The van der Waals surface area contributed by atoms with Crippen LogP contribution in [0.4, 0.5) is 11.5 Å². The SMILES string of the molecule is CC1C=CC(c2cnn(-c3nc(N4CCOCC4)c4ncc(N5CCCCC5)cc4n3)c2)=CC1. The molecule has 2 aliphatic heterocycles. The molecule has 176 valence electrons. The number of piperidine rings is 1.